The minimum atomic E-state index is -0.847. The zero-order valence-corrected chi connectivity index (χ0v) is 27.2. The molecule has 1 unspecified atom stereocenters. The summed E-state index contributed by atoms with van der Waals surface area (Å²) in [5.74, 6) is 1.20. The molecule has 0 radical (unpaired) electrons. The van der Waals surface area contributed by atoms with Crippen molar-refractivity contribution >= 4 is 28.7 Å². The Bertz CT molecular complexity index is 1790. The Kier molecular flexibility index (Phi) is 10.2. The van der Waals surface area contributed by atoms with Gasteiger partial charge in [-0.15, -0.1) is 0 Å². The molecule has 0 bridgehead atoms. The Morgan fingerprint density at radius 1 is 0.851 bits per heavy atom. The number of hydrogen-bond acceptors (Lipinski definition) is 5. The average Bonchev–Trinajstić information content (AvgIpc) is 3.44. The molecule has 242 valence electrons. The van der Waals surface area contributed by atoms with E-state index in [9.17, 15) is 9.59 Å². The molecular formula is C39H42N4O4. The fourth-order valence-corrected chi connectivity index (χ4v) is 6.09. The zero-order valence-electron chi connectivity index (χ0n) is 27.2. The highest BCUT2D eigenvalue weighted by molar-refractivity contribution is 5.95. The number of nitrogens with zero attached hydrogens (tertiary/aromatic N) is 4. The summed E-state index contributed by atoms with van der Waals surface area (Å²) < 4.78 is 13.7. The molecule has 1 saturated heterocycles. The van der Waals surface area contributed by atoms with Crippen LogP contribution in [0.4, 0.5) is 10.5 Å². The van der Waals surface area contributed by atoms with Crippen molar-refractivity contribution in [2.75, 3.05) is 24.6 Å². The number of hydrogen-bond donors (Lipinski definition) is 0. The van der Waals surface area contributed by atoms with Gasteiger partial charge in [0.15, 0.2) is 0 Å². The van der Waals surface area contributed by atoms with Crippen molar-refractivity contribution in [1.29, 1.82) is 0 Å². The van der Waals surface area contributed by atoms with Gasteiger partial charge in [0.1, 0.15) is 11.6 Å². The monoisotopic (exact) mass is 630 g/mol. The minimum absolute atomic E-state index is 0.0314. The van der Waals surface area contributed by atoms with Crippen LogP contribution in [0.5, 0.6) is 5.75 Å². The molecule has 4 aromatic carbocycles. The van der Waals surface area contributed by atoms with E-state index >= 15 is 0 Å². The molecule has 0 spiro atoms. The van der Waals surface area contributed by atoms with Crippen LogP contribution in [0.1, 0.15) is 61.7 Å². The van der Waals surface area contributed by atoms with Crippen molar-refractivity contribution in [2.45, 2.75) is 58.7 Å². The third kappa shape index (κ3) is 7.49. The Balaban J connectivity index is 1.24. The van der Waals surface area contributed by atoms with E-state index in [0.29, 0.717) is 25.4 Å². The summed E-state index contributed by atoms with van der Waals surface area (Å²) >= 11 is 0. The standard InChI is InChI=1S/C39H42N4O4/c1-3-5-17-36-40-34-23-20-32(42-25-12-24-41(39(42)45)27-29-13-8-6-9-14-29)26-35(34)43(36)28-30-18-21-33(22-19-30)47-37(38(44)46-4-2)31-15-10-7-11-16-31/h6-11,13-16,18-23,26,37H,3-5,12,17,24-25,27-28H2,1-2H3. The smallest absolute Gasteiger partial charge is 0.352 e. The maximum atomic E-state index is 13.7. The average molecular weight is 631 g/mol. The number of aromatic nitrogens is 2. The molecule has 5 aromatic rings. The predicted molar refractivity (Wildman–Crippen MR) is 185 cm³/mol. The fraction of sp³-hybridized carbons (Fsp3) is 0.308. The van der Waals surface area contributed by atoms with Gasteiger partial charge in [-0.25, -0.2) is 14.6 Å². The van der Waals surface area contributed by atoms with Gasteiger partial charge in [-0.05, 0) is 61.2 Å². The summed E-state index contributed by atoms with van der Waals surface area (Å²) in [5, 5.41) is 0. The lowest BCUT2D eigenvalue weighted by Crippen LogP contribution is -2.49. The van der Waals surface area contributed by atoms with Crippen LogP contribution in [0.15, 0.2) is 103 Å². The first-order valence-corrected chi connectivity index (χ1v) is 16.6. The Labute approximate surface area is 276 Å². The first-order valence-electron chi connectivity index (χ1n) is 16.6. The van der Waals surface area contributed by atoms with Gasteiger partial charge in [-0.2, -0.15) is 0 Å². The van der Waals surface area contributed by atoms with Gasteiger partial charge in [0.25, 0.3) is 0 Å². The van der Waals surface area contributed by atoms with Crippen LogP contribution < -0.4 is 9.64 Å². The molecule has 1 aromatic heterocycles. The fourth-order valence-electron chi connectivity index (χ4n) is 6.09. The van der Waals surface area contributed by atoms with Crippen LogP contribution in [-0.2, 0) is 29.0 Å². The number of unbranched alkanes of at least 4 members (excludes halogenated alkanes) is 1. The molecule has 1 atom stereocenters. The number of carbonyl (C=O) groups excluding carboxylic acids is 2. The third-order valence-corrected chi connectivity index (χ3v) is 8.52. The Morgan fingerprint density at radius 2 is 1.57 bits per heavy atom. The summed E-state index contributed by atoms with van der Waals surface area (Å²) in [6.45, 7) is 6.91. The van der Waals surface area contributed by atoms with Crippen molar-refractivity contribution in [1.82, 2.24) is 14.5 Å². The number of rotatable bonds is 13. The topological polar surface area (TPSA) is 76.9 Å². The molecule has 0 saturated carbocycles. The number of benzene rings is 4. The maximum absolute atomic E-state index is 13.7. The van der Waals surface area contributed by atoms with Crippen LogP contribution in [0.25, 0.3) is 11.0 Å². The molecule has 8 nitrogen and oxygen atoms in total. The molecule has 0 N–H and O–H groups in total. The zero-order chi connectivity index (χ0) is 32.6. The second-order valence-electron chi connectivity index (χ2n) is 11.9. The number of aryl methyl sites for hydroxylation is 1. The van der Waals surface area contributed by atoms with Crippen molar-refractivity contribution in [3.05, 3.63) is 126 Å². The molecule has 0 aliphatic carbocycles. The van der Waals surface area contributed by atoms with Gasteiger partial charge >= 0.3 is 12.0 Å². The van der Waals surface area contributed by atoms with Crippen LogP contribution >= 0.6 is 0 Å². The summed E-state index contributed by atoms with van der Waals surface area (Å²) in [5.41, 5.74) is 5.77. The van der Waals surface area contributed by atoms with Crippen LogP contribution in [0.2, 0.25) is 0 Å². The lowest BCUT2D eigenvalue weighted by atomic mass is 10.1. The van der Waals surface area contributed by atoms with Crippen LogP contribution in [0.3, 0.4) is 0 Å². The number of anilines is 1. The number of fused-ring (bicyclic) bond motifs is 1. The van der Waals surface area contributed by atoms with Crippen molar-refractivity contribution in [2.24, 2.45) is 0 Å². The normalized spacial score (nSPS) is 14.0. The number of ether oxygens (including phenoxy) is 2. The van der Waals surface area contributed by atoms with E-state index in [4.69, 9.17) is 14.5 Å². The summed E-state index contributed by atoms with van der Waals surface area (Å²) in [4.78, 5) is 35.3. The number of imidazole rings is 1. The third-order valence-electron chi connectivity index (χ3n) is 8.52. The second-order valence-corrected chi connectivity index (χ2v) is 11.9. The van der Waals surface area contributed by atoms with E-state index in [2.05, 4.69) is 29.7 Å². The van der Waals surface area contributed by atoms with E-state index in [1.165, 1.54) is 0 Å². The Hall–Kier alpha value is -5.11. The van der Waals surface area contributed by atoms with Gasteiger partial charge in [-0.1, -0.05) is 86.1 Å². The summed E-state index contributed by atoms with van der Waals surface area (Å²) in [6, 6.07) is 33.6. The first-order chi connectivity index (χ1) is 23.0. The summed E-state index contributed by atoms with van der Waals surface area (Å²) in [6.07, 6.45) is 3.04. The predicted octanol–water partition coefficient (Wildman–Crippen LogP) is 7.94. The van der Waals surface area contributed by atoms with Gasteiger partial charge in [-0.3, -0.25) is 4.90 Å². The van der Waals surface area contributed by atoms with Crippen LogP contribution in [-0.4, -0.2) is 46.1 Å². The number of amides is 2. The van der Waals surface area contributed by atoms with Crippen molar-refractivity contribution < 1.29 is 19.1 Å². The van der Waals surface area contributed by atoms with E-state index in [0.717, 1.165) is 71.5 Å². The van der Waals surface area contributed by atoms with Gasteiger partial charge in [0.05, 0.1) is 17.6 Å². The number of urea groups is 1. The van der Waals surface area contributed by atoms with Crippen molar-refractivity contribution in [3.8, 4) is 5.75 Å². The van der Waals surface area contributed by atoms with Gasteiger partial charge in [0, 0.05) is 43.9 Å². The van der Waals surface area contributed by atoms with E-state index in [-0.39, 0.29) is 12.6 Å². The molecule has 2 heterocycles. The highest BCUT2D eigenvalue weighted by Gasteiger charge is 2.28. The summed E-state index contributed by atoms with van der Waals surface area (Å²) in [7, 11) is 0. The van der Waals surface area contributed by atoms with Gasteiger partial charge < -0.3 is 18.9 Å². The largest absolute Gasteiger partial charge is 0.474 e. The first kappa shape index (κ1) is 31.9. The lowest BCUT2D eigenvalue weighted by molar-refractivity contribution is -0.151. The minimum Gasteiger partial charge on any atom is -0.474 e. The molecule has 6 rings (SSSR count). The molecule has 1 aliphatic rings. The molecule has 1 aliphatic heterocycles. The lowest BCUT2D eigenvalue weighted by Gasteiger charge is -2.35. The molecule has 8 heteroatoms. The number of carbonyl (C=O) groups is 2. The highest BCUT2D eigenvalue weighted by atomic mass is 16.6. The molecule has 47 heavy (non-hydrogen) atoms. The molecule has 1 fully saturated rings. The molecular weight excluding hydrogens is 588 g/mol. The number of esters is 1. The molecule has 2 amide bonds. The van der Waals surface area contributed by atoms with Crippen LogP contribution in [0, 0.1) is 0 Å². The quantitative estimate of drug-likeness (QED) is 0.124. The van der Waals surface area contributed by atoms with Gasteiger partial charge in [0.2, 0.25) is 6.10 Å². The second kappa shape index (κ2) is 15.0. The van der Waals surface area contributed by atoms with E-state index < -0.39 is 12.1 Å². The van der Waals surface area contributed by atoms with E-state index in [1.54, 1.807) is 6.92 Å². The Morgan fingerprint density at radius 3 is 2.30 bits per heavy atom. The highest BCUT2D eigenvalue weighted by Crippen LogP contribution is 2.29. The van der Waals surface area contributed by atoms with Crippen molar-refractivity contribution in [3.63, 3.8) is 0 Å². The SMILES string of the molecule is CCCCc1nc2ccc(N3CCCN(Cc4ccccc4)C3=O)cc2n1Cc1ccc(OC(C(=O)OCC)c2ccccc2)cc1. The maximum Gasteiger partial charge on any atom is 0.352 e. The van der Waals surface area contributed by atoms with E-state index in [1.807, 2.05) is 94.7 Å².